The van der Waals surface area contributed by atoms with Crippen LogP contribution in [0.15, 0.2) is 12.1 Å². The molecule has 0 saturated heterocycles. The Bertz CT molecular complexity index is 447. The van der Waals surface area contributed by atoms with E-state index in [1.165, 1.54) is 0 Å². The van der Waals surface area contributed by atoms with Crippen LogP contribution in [0.3, 0.4) is 0 Å². The number of fused-ring (bicyclic) bond motifs is 3. The van der Waals surface area contributed by atoms with Crippen molar-refractivity contribution in [2.75, 3.05) is 6.79 Å². The summed E-state index contributed by atoms with van der Waals surface area (Å²) in [4.78, 5) is 11.8. The molecule has 0 fully saturated rings. The van der Waals surface area contributed by atoms with Gasteiger partial charge in [0.25, 0.3) is 0 Å². The molecular formula is C11H12ClNO3. The van der Waals surface area contributed by atoms with Crippen molar-refractivity contribution >= 4 is 18.2 Å². The number of nitrogens with two attached hydrogens (primary N) is 1. The zero-order chi connectivity index (χ0) is 10.4. The summed E-state index contributed by atoms with van der Waals surface area (Å²) in [7, 11) is 0. The second-order valence-electron chi connectivity index (χ2n) is 3.83. The van der Waals surface area contributed by atoms with Crippen molar-refractivity contribution in [3.05, 3.63) is 23.3 Å². The van der Waals surface area contributed by atoms with Crippen LogP contribution < -0.4 is 15.2 Å². The lowest BCUT2D eigenvalue weighted by Crippen LogP contribution is -2.35. The highest BCUT2D eigenvalue weighted by Gasteiger charge is 2.30. The van der Waals surface area contributed by atoms with Gasteiger partial charge in [-0.05, 0) is 25.0 Å². The van der Waals surface area contributed by atoms with E-state index in [9.17, 15) is 4.79 Å². The highest BCUT2D eigenvalue weighted by Crippen LogP contribution is 2.40. The van der Waals surface area contributed by atoms with E-state index >= 15 is 0 Å². The number of ketones is 1. The second-order valence-corrected chi connectivity index (χ2v) is 3.83. The summed E-state index contributed by atoms with van der Waals surface area (Å²) in [5, 5.41) is 0. The molecule has 1 aliphatic heterocycles. The van der Waals surface area contributed by atoms with Crippen molar-refractivity contribution in [2.24, 2.45) is 5.73 Å². The highest BCUT2D eigenvalue weighted by molar-refractivity contribution is 6.03. The number of carbonyl (C=O) groups is 1. The molecule has 2 N–H and O–H groups in total. The maximum absolute atomic E-state index is 11.8. The number of benzene rings is 1. The minimum atomic E-state index is -0.363. The van der Waals surface area contributed by atoms with Gasteiger partial charge in [0.05, 0.1) is 6.04 Å². The summed E-state index contributed by atoms with van der Waals surface area (Å²) in [5.74, 6) is 1.47. The summed E-state index contributed by atoms with van der Waals surface area (Å²) < 4.78 is 10.6. The van der Waals surface area contributed by atoms with Gasteiger partial charge in [-0.3, -0.25) is 4.79 Å². The summed E-state index contributed by atoms with van der Waals surface area (Å²) in [5.41, 5.74) is 7.36. The van der Waals surface area contributed by atoms with Crippen LogP contribution in [0.5, 0.6) is 11.5 Å². The van der Waals surface area contributed by atoms with Gasteiger partial charge < -0.3 is 15.2 Å². The maximum atomic E-state index is 11.8. The van der Waals surface area contributed by atoms with Crippen LogP contribution in [0.25, 0.3) is 0 Å². The fraction of sp³-hybridized carbons (Fsp3) is 0.364. The standard InChI is InChI=1S/C11H11NO3.ClH/c12-8-3-1-7-6(10(8)13)2-4-9-11(7)15-5-14-9;/h2,4,8H,1,3,5,12H2;1H. The molecule has 86 valence electrons. The Morgan fingerprint density at radius 2 is 2.12 bits per heavy atom. The Balaban J connectivity index is 0.000000963. The smallest absolute Gasteiger partial charge is 0.231 e. The average molecular weight is 242 g/mol. The molecule has 2 aliphatic rings. The Hall–Kier alpha value is -1.26. The topological polar surface area (TPSA) is 61.6 Å². The zero-order valence-electron chi connectivity index (χ0n) is 8.56. The van der Waals surface area contributed by atoms with Crippen molar-refractivity contribution < 1.29 is 14.3 Å². The van der Waals surface area contributed by atoms with E-state index in [2.05, 4.69) is 0 Å². The zero-order valence-corrected chi connectivity index (χ0v) is 9.38. The van der Waals surface area contributed by atoms with Gasteiger partial charge in [0.1, 0.15) is 0 Å². The number of ether oxygens (including phenoxy) is 2. The van der Waals surface area contributed by atoms with Gasteiger partial charge in [0.15, 0.2) is 17.3 Å². The Morgan fingerprint density at radius 1 is 1.31 bits per heavy atom. The van der Waals surface area contributed by atoms with Crippen molar-refractivity contribution in [1.29, 1.82) is 0 Å². The van der Waals surface area contributed by atoms with Gasteiger partial charge in [-0.25, -0.2) is 0 Å². The number of carbonyl (C=O) groups excluding carboxylic acids is 1. The largest absolute Gasteiger partial charge is 0.454 e. The molecule has 1 aromatic carbocycles. The van der Waals surface area contributed by atoms with Crippen LogP contribution in [0.4, 0.5) is 0 Å². The predicted octanol–water partition coefficient (Wildman–Crippen LogP) is 1.29. The van der Waals surface area contributed by atoms with Gasteiger partial charge in [-0.2, -0.15) is 0 Å². The Kier molecular flexibility index (Phi) is 2.78. The van der Waals surface area contributed by atoms with E-state index in [-0.39, 0.29) is 31.0 Å². The van der Waals surface area contributed by atoms with E-state index in [0.717, 1.165) is 23.5 Å². The summed E-state index contributed by atoms with van der Waals surface area (Å²) in [6.45, 7) is 0.242. The minimum absolute atomic E-state index is 0. The predicted molar refractivity (Wildman–Crippen MR) is 60.4 cm³/mol. The Morgan fingerprint density at radius 3 is 2.94 bits per heavy atom. The summed E-state index contributed by atoms with van der Waals surface area (Å²) in [6.07, 6.45) is 1.47. The van der Waals surface area contributed by atoms with Crippen molar-refractivity contribution in [2.45, 2.75) is 18.9 Å². The molecule has 0 amide bonds. The van der Waals surface area contributed by atoms with Crippen LogP contribution in [0.1, 0.15) is 22.3 Å². The van der Waals surface area contributed by atoms with Gasteiger partial charge >= 0.3 is 0 Å². The fourth-order valence-electron chi connectivity index (χ4n) is 2.14. The van der Waals surface area contributed by atoms with Gasteiger partial charge in [-0.1, -0.05) is 0 Å². The lowest BCUT2D eigenvalue weighted by Gasteiger charge is -2.20. The molecule has 1 aromatic rings. The quantitative estimate of drug-likeness (QED) is 0.744. The molecule has 1 aliphatic carbocycles. The minimum Gasteiger partial charge on any atom is -0.454 e. The fourth-order valence-corrected chi connectivity index (χ4v) is 2.14. The van der Waals surface area contributed by atoms with E-state index in [0.29, 0.717) is 12.0 Å². The molecule has 1 unspecified atom stereocenters. The molecule has 5 heteroatoms. The third-order valence-corrected chi connectivity index (χ3v) is 2.95. The second kappa shape index (κ2) is 3.96. The lowest BCUT2D eigenvalue weighted by atomic mass is 9.87. The van der Waals surface area contributed by atoms with Gasteiger partial charge in [-0.15, -0.1) is 12.4 Å². The lowest BCUT2D eigenvalue weighted by molar-refractivity contribution is 0.0947. The van der Waals surface area contributed by atoms with Crippen molar-refractivity contribution in [3.8, 4) is 11.5 Å². The molecule has 0 saturated carbocycles. The van der Waals surface area contributed by atoms with Gasteiger partial charge in [0.2, 0.25) is 6.79 Å². The number of halogens is 1. The number of hydrogen-bond acceptors (Lipinski definition) is 4. The first-order valence-electron chi connectivity index (χ1n) is 4.98. The molecule has 1 heterocycles. The average Bonchev–Trinajstić information content (AvgIpc) is 2.71. The third kappa shape index (κ3) is 1.45. The summed E-state index contributed by atoms with van der Waals surface area (Å²) in [6, 6.07) is 3.19. The highest BCUT2D eigenvalue weighted by atomic mass is 35.5. The van der Waals surface area contributed by atoms with Crippen LogP contribution >= 0.6 is 12.4 Å². The number of Topliss-reactive ketones (excluding diaryl/α,β-unsaturated/α-hetero) is 1. The number of hydrogen-bond donors (Lipinski definition) is 1. The first-order valence-corrected chi connectivity index (χ1v) is 4.98. The van der Waals surface area contributed by atoms with E-state index < -0.39 is 0 Å². The van der Waals surface area contributed by atoms with E-state index in [4.69, 9.17) is 15.2 Å². The molecule has 0 aromatic heterocycles. The van der Waals surface area contributed by atoms with E-state index in [1.807, 2.05) is 0 Å². The van der Waals surface area contributed by atoms with Crippen LogP contribution in [-0.2, 0) is 6.42 Å². The SMILES string of the molecule is Cl.NC1CCc2c(ccc3c2OCO3)C1=O. The first kappa shape index (κ1) is 11.2. The van der Waals surface area contributed by atoms with Crippen molar-refractivity contribution in [3.63, 3.8) is 0 Å². The normalized spacial score (nSPS) is 21.3. The number of rotatable bonds is 0. The maximum Gasteiger partial charge on any atom is 0.231 e. The molecule has 0 radical (unpaired) electrons. The third-order valence-electron chi connectivity index (χ3n) is 2.95. The molecule has 0 bridgehead atoms. The molecular weight excluding hydrogens is 230 g/mol. The monoisotopic (exact) mass is 241 g/mol. The molecule has 3 rings (SSSR count). The molecule has 4 nitrogen and oxygen atoms in total. The van der Waals surface area contributed by atoms with Gasteiger partial charge in [0, 0.05) is 11.1 Å². The van der Waals surface area contributed by atoms with E-state index in [1.54, 1.807) is 12.1 Å². The van der Waals surface area contributed by atoms with Crippen LogP contribution in [0, 0.1) is 0 Å². The molecule has 16 heavy (non-hydrogen) atoms. The van der Waals surface area contributed by atoms with Crippen LogP contribution in [-0.4, -0.2) is 18.6 Å². The molecule has 1 atom stereocenters. The Labute approximate surface area is 99.1 Å². The van der Waals surface area contributed by atoms with Crippen molar-refractivity contribution in [1.82, 2.24) is 0 Å². The summed E-state index contributed by atoms with van der Waals surface area (Å²) >= 11 is 0. The molecule has 0 spiro atoms. The van der Waals surface area contributed by atoms with Crippen LogP contribution in [0.2, 0.25) is 0 Å². The first-order chi connectivity index (χ1) is 7.27.